The van der Waals surface area contributed by atoms with Gasteiger partial charge in [0.15, 0.2) is 0 Å². The van der Waals surface area contributed by atoms with Gasteiger partial charge in [-0.1, -0.05) is 128 Å². The minimum Gasteiger partial charge on any atom is -0.459 e. The fourth-order valence-electron chi connectivity index (χ4n) is 14.9. The van der Waals surface area contributed by atoms with E-state index in [0.717, 1.165) is 57.8 Å². The molecule has 0 amide bonds. The number of para-hydroxylation sites is 2. The summed E-state index contributed by atoms with van der Waals surface area (Å²) >= 11 is 0. The lowest BCUT2D eigenvalue weighted by Crippen LogP contribution is -2.38. The van der Waals surface area contributed by atoms with Crippen molar-refractivity contribution in [1.82, 2.24) is 19.9 Å². The molecular formula is C85H94N4O39P8. The van der Waals surface area contributed by atoms with Gasteiger partial charge in [-0.3, -0.25) is 92.6 Å². The Morgan fingerprint density at radius 1 is 0.338 bits per heavy atom. The van der Waals surface area contributed by atoms with E-state index in [2.05, 4.69) is 19.9 Å². The lowest BCUT2D eigenvalue weighted by molar-refractivity contribution is -0.0598. The normalized spacial score (nSPS) is 30.6. The SMILES string of the molecule is CC(C)OC(=O)Oc1ccc2ccccc2c1C1OP(=O)(O)C(O)(Cc2cccnc2)P(=O)(O)O1.CC(C)OC(=O)c1ccc(C2OP(=O)(O)C(O)(Cc3cccnc3)P(=O)(O)O2)c2ccccc12.O=C(Oc1ccccc1C1OP(=O)(O)C(O)(Cc2cccnc2)P(=O)(O)O1)OC1CCCC1.O=C(Oc1ccccc1C1OP(=O)(O)C(O)(Cc2cccnc2)P(=O)(O)O1)OC1CCCCC1. The molecule has 43 nitrogen and oxygen atoms in total. The van der Waals surface area contributed by atoms with Crippen molar-refractivity contribution in [2.75, 3.05) is 0 Å². The predicted octanol–water partition coefficient (Wildman–Crippen LogP) is 16.6. The summed E-state index contributed by atoms with van der Waals surface area (Å²) in [6.07, 6.45) is 3.82. The number of hydrogen-bond donors (Lipinski definition) is 12. The molecule has 8 unspecified atom stereocenters. The third kappa shape index (κ3) is 23.1. The van der Waals surface area contributed by atoms with Crippen LogP contribution in [0.3, 0.4) is 0 Å². The van der Waals surface area contributed by atoms with E-state index in [1.54, 1.807) is 82.3 Å². The summed E-state index contributed by atoms with van der Waals surface area (Å²) in [4.78, 5) is 149. The Morgan fingerprint density at radius 2 is 0.654 bits per heavy atom. The minimum absolute atomic E-state index is 0.101. The maximum Gasteiger partial charge on any atom is 0.514 e. The maximum atomic E-state index is 13.2. The number of esters is 1. The number of hydrogen-bond acceptors (Lipinski definition) is 35. The average molecular weight is 2040 g/mol. The molecule has 6 aliphatic rings. The number of ether oxygens (including phenoxy) is 7. The van der Waals surface area contributed by atoms with Gasteiger partial charge < -0.3 is 92.7 Å². The van der Waals surface area contributed by atoms with Crippen molar-refractivity contribution in [3.63, 3.8) is 0 Å². The first-order chi connectivity index (χ1) is 64.1. The quantitative estimate of drug-likeness (QED) is 0.0146. The number of fused-ring (bicyclic) bond motifs is 2. The first-order valence-corrected chi connectivity index (χ1v) is 54.4. The van der Waals surface area contributed by atoms with E-state index < -0.39 is 162 Å². The summed E-state index contributed by atoms with van der Waals surface area (Å²) in [5.74, 6) is -1.05. The van der Waals surface area contributed by atoms with Gasteiger partial charge in [-0.2, -0.15) is 0 Å². The van der Waals surface area contributed by atoms with Crippen LogP contribution in [0.2, 0.25) is 0 Å². The average Bonchev–Trinajstić information content (AvgIpc) is 0.960. The number of carbonyl (C=O) groups excluding carboxylic acids is 4. The van der Waals surface area contributed by atoms with Gasteiger partial charge in [-0.25, -0.2) is 19.2 Å². The lowest BCUT2D eigenvalue weighted by Gasteiger charge is -2.41. The Kier molecular flexibility index (Phi) is 32.5. The fraction of sp³-hybridized carbons (Fsp3) is 0.341. The van der Waals surface area contributed by atoms with Crippen LogP contribution < -0.4 is 14.2 Å². The zero-order valence-corrected chi connectivity index (χ0v) is 79.5. The van der Waals surface area contributed by atoms with E-state index in [0.29, 0.717) is 21.5 Å². The Morgan fingerprint density at radius 3 is 1.01 bits per heavy atom. The standard InChI is InChI=1S/C22H23NO10P2.C22H23NO9P2.C21H25NO10P2.C20H23NO10P2/c1-14(2)30-21(24)31-18-10-9-16-7-3-4-8-17(16)19(18)20-32-34(26,27)22(25,35(28,29)33-20)12-15-6-5-11-23-13-15;1-14(2)30-20(24)18-9-10-19(17-8-4-3-7-16(17)18)21-31-33(26,27)22(25,34(28,29)32-21)12-15-6-5-11-23-13-15;23-20(29-16-8-2-1-3-9-16)30-18-11-5-4-10-17(18)19-31-33(25,26)21(24,34(27,28)32-19)13-15-7-6-12-22-14-15;22-19(28-15-7-1-2-8-15)29-17-10-4-3-9-16(17)18-30-32(24,25)20(23,33(26,27)31-18)12-14-6-5-11-21-13-14/h3-11,13-14,20,25H,12H2,1-2H3,(H,26,27)(H,28,29);3-11,13-14,21,25H,12H2,1-2H3,(H,26,27)(H,28,29);4-7,10-12,14,16,19,24H,1-3,8-9,13H2,(H,25,26)(H,27,28);3-6,9-11,13,15,18,23H,1-2,7-8,12H2,(H,24,25)(H,26,27). The molecule has 728 valence electrons. The molecular weight excluding hydrogens is 1950 g/mol. The summed E-state index contributed by atoms with van der Waals surface area (Å²) in [5, 5.41) is 32.7. The Hall–Kier alpha value is -9.24. The molecule has 0 spiro atoms. The van der Waals surface area contributed by atoms with Crippen LogP contribution in [0.15, 0.2) is 219 Å². The molecule has 0 bridgehead atoms. The first kappa shape index (κ1) is 104. The first-order valence-electron chi connectivity index (χ1n) is 41.7. The summed E-state index contributed by atoms with van der Waals surface area (Å²) in [6.45, 7) is 6.65. The highest BCUT2D eigenvalue weighted by molar-refractivity contribution is 7.75. The van der Waals surface area contributed by atoms with E-state index in [1.807, 2.05) is 0 Å². The second-order valence-electron chi connectivity index (χ2n) is 32.2. The van der Waals surface area contributed by atoms with Gasteiger partial charge in [-0.15, -0.1) is 0 Å². The number of aliphatic hydroxyl groups is 4. The van der Waals surface area contributed by atoms with Gasteiger partial charge in [0.25, 0.3) is 20.3 Å². The number of benzene rings is 6. The van der Waals surface area contributed by atoms with E-state index in [4.69, 9.17) is 69.3 Å². The molecule has 8 heterocycles. The van der Waals surface area contributed by atoms with Crippen LogP contribution in [0.25, 0.3) is 21.5 Å². The lowest BCUT2D eigenvalue weighted by atomic mass is 9.98. The zero-order chi connectivity index (χ0) is 98.2. The Labute approximate surface area is 775 Å². The third-order valence-electron chi connectivity index (χ3n) is 21.8. The smallest absolute Gasteiger partial charge is 0.459 e. The van der Waals surface area contributed by atoms with Gasteiger partial charge in [0.2, 0.25) is 25.2 Å². The van der Waals surface area contributed by atoms with Crippen LogP contribution in [0.4, 0.5) is 14.4 Å². The maximum absolute atomic E-state index is 13.2. The number of rotatable bonds is 20. The molecule has 4 aliphatic heterocycles. The van der Waals surface area contributed by atoms with E-state index in [1.165, 1.54) is 165 Å². The van der Waals surface area contributed by atoms with Crippen LogP contribution in [-0.4, -0.2) is 149 Å². The minimum atomic E-state index is -5.25. The molecule has 6 fully saturated rings. The monoisotopic (exact) mass is 2040 g/mol. The predicted molar refractivity (Wildman–Crippen MR) is 477 cm³/mol. The van der Waals surface area contributed by atoms with Crippen molar-refractivity contribution in [3.05, 3.63) is 270 Å². The van der Waals surface area contributed by atoms with Crippen LogP contribution in [-0.2, 0) is 117 Å². The fourth-order valence-corrected chi connectivity index (χ4v) is 29.1. The zero-order valence-electron chi connectivity index (χ0n) is 72.4. The Balaban J connectivity index is 0.000000153. The molecule has 4 aromatic heterocycles. The van der Waals surface area contributed by atoms with Gasteiger partial charge in [0.05, 0.1) is 34.5 Å². The van der Waals surface area contributed by atoms with Gasteiger partial charge >= 0.3 is 85.2 Å². The van der Waals surface area contributed by atoms with Crippen LogP contribution in [0.1, 0.15) is 166 Å². The molecule has 51 heteroatoms. The number of aromatic nitrogens is 4. The second kappa shape index (κ2) is 42.4. The largest absolute Gasteiger partial charge is 0.514 e. The molecule has 136 heavy (non-hydrogen) atoms. The van der Waals surface area contributed by atoms with Crippen molar-refractivity contribution in [1.29, 1.82) is 0 Å². The van der Waals surface area contributed by atoms with Crippen molar-refractivity contribution in [3.8, 4) is 17.2 Å². The highest BCUT2D eigenvalue weighted by Gasteiger charge is 2.71. The molecule has 2 aliphatic carbocycles. The van der Waals surface area contributed by atoms with Crippen molar-refractivity contribution < 1.29 is 185 Å². The van der Waals surface area contributed by atoms with Crippen molar-refractivity contribution in [2.24, 2.45) is 0 Å². The molecule has 0 radical (unpaired) electrons. The third-order valence-corrected chi connectivity index (χ3v) is 40.2. The van der Waals surface area contributed by atoms with E-state index in [9.17, 15) is 115 Å². The summed E-state index contributed by atoms with van der Waals surface area (Å²) < 4.78 is 183. The molecule has 2 saturated carbocycles. The molecule has 8 atom stereocenters. The van der Waals surface area contributed by atoms with E-state index >= 15 is 0 Å². The number of carbonyl (C=O) groups is 4. The highest BCUT2D eigenvalue weighted by Crippen LogP contribution is 2.83. The topological polar surface area (TPSA) is 638 Å². The molecule has 4 saturated heterocycles. The molecule has 12 N–H and O–H groups in total. The number of pyridine rings is 4. The van der Waals surface area contributed by atoms with Gasteiger partial charge in [0, 0.05) is 80.8 Å². The molecule has 6 aromatic carbocycles. The molecule has 10 aromatic rings. The summed E-state index contributed by atoms with van der Waals surface area (Å²) in [5.41, 5.74) is 0.923. The van der Waals surface area contributed by atoms with Gasteiger partial charge in [-0.05, 0) is 171 Å². The van der Waals surface area contributed by atoms with Crippen molar-refractivity contribution in [2.45, 2.75) is 181 Å². The van der Waals surface area contributed by atoms with Crippen LogP contribution in [0.5, 0.6) is 17.2 Å². The van der Waals surface area contributed by atoms with E-state index in [-0.39, 0.29) is 85.6 Å². The van der Waals surface area contributed by atoms with Gasteiger partial charge in [0.1, 0.15) is 29.5 Å². The van der Waals surface area contributed by atoms with Crippen molar-refractivity contribution >= 4 is 107 Å². The second-order valence-corrected chi connectivity index (χ2v) is 49.5. The number of nitrogens with zero attached hydrogens (tertiary/aromatic N) is 4. The van der Waals surface area contributed by atoms with Crippen LogP contribution >= 0.6 is 60.8 Å². The van der Waals surface area contributed by atoms with Crippen LogP contribution in [0, 0.1) is 0 Å². The summed E-state index contributed by atoms with van der Waals surface area (Å²) in [7, 11) is -41.5. The Bertz CT molecular complexity index is 6320. The summed E-state index contributed by atoms with van der Waals surface area (Å²) in [6, 6.07) is 42.2. The highest BCUT2D eigenvalue weighted by atomic mass is 31.3. The molecule has 16 rings (SSSR count).